The second-order valence-electron chi connectivity index (χ2n) is 7.22. The first-order valence-electron chi connectivity index (χ1n) is 6.58. The van der Waals surface area contributed by atoms with Gasteiger partial charge in [0.1, 0.15) is 11.5 Å². The fraction of sp³-hybridized carbons (Fsp3) is 0.625. The van der Waals surface area contributed by atoms with E-state index in [0.29, 0.717) is 0 Å². The van der Waals surface area contributed by atoms with Gasteiger partial charge in [-0.1, -0.05) is 64.1 Å². The highest BCUT2D eigenvalue weighted by Gasteiger charge is 2.42. The fourth-order valence-electron chi connectivity index (χ4n) is 2.55. The average molecular weight is 376 g/mol. The van der Waals surface area contributed by atoms with Gasteiger partial charge in [-0.15, -0.1) is 0 Å². The fourth-order valence-corrected chi connectivity index (χ4v) is 3.32. The number of phenols is 2. The Morgan fingerprint density at radius 1 is 0.895 bits per heavy atom. The van der Waals surface area contributed by atoms with Crippen molar-refractivity contribution in [3.05, 3.63) is 23.8 Å². The Bertz CT molecular complexity index is 435. The molecule has 1 unspecified atom stereocenters. The molecule has 0 aromatic heterocycles. The summed E-state index contributed by atoms with van der Waals surface area (Å²) >= 11 is 2.46. The number of hydrogen-bond donors (Lipinski definition) is 2. The molecular formula is C16H25IO2. The molecule has 108 valence electrons. The highest BCUT2D eigenvalue weighted by molar-refractivity contribution is 14.1. The number of phenolic OH excluding ortho intramolecular Hbond substituents is 2. The van der Waals surface area contributed by atoms with Crippen LogP contribution in [0.4, 0.5) is 0 Å². The summed E-state index contributed by atoms with van der Waals surface area (Å²) in [6.45, 7) is 13.2. The van der Waals surface area contributed by atoms with Crippen LogP contribution in [0, 0.1) is 5.41 Å². The molecule has 0 bridgehead atoms. The number of aromatic hydroxyl groups is 2. The number of benzene rings is 1. The summed E-state index contributed by atoms with van der Waals surface area (Å²) in [6.07, 6.45) is 0.965. The van der Waals surface area contributed by atoms with Crippen LogP contribution in [0.15, 0.2) is 18.2 Å². The van der Waals surface area contributed by atoms with E-state index in [1.54, 1.807) is 12.1 Å². The monoisotopic (exact) mass is 376 g/mol. The van der Waals surface area contributed by atoms with Crippen LogP contribution < -0.4 is 0 Å². The molecule has 1 atom stereocenters. The molecule has 0 spiro atoms. The molecule has 0 aliphatic carbocycles. The predicted octanol–water partition coefficient (Wildman–Crippen LogP) is 5.01. The van der Waals surface area contributed by atoms with Crippen molar-refractivity contribution in [2.75, 3.05) is 0 Å². The molecule has 1 aromatic rings. The third kappa shape index (κ3) is 4.01. The molecule has 3 heteroatoms. The zero-order valence-corrected chi connectivity index (χ0v) is 14.9. The van der Waals surface area contributed by atoms with Crippen molar-refractivity contribution >= 4 is 22.6 Å². The maximum absolute atomic E-state index is 9.76. The van der Waals surface area contributed by atoms with E-state index >= 15 is 0 Å². The van der Waals surface area contributed by atoms with E-state index in [2.05, 4.69) is 64.1 Å². The molecule has 2 nitrogen and oxygen atoms in total. The maximum Gasteiger partial charge on any atom is 0.119 e. The van der Waals surface area contributed by atoms with Crippen LogP contribution in [0.1, 0.15) is 53.5 Å². The Labute approximate surface area is 130 Å². The molecular weight excluding hydrogens is 351 g/mol. The van der Waals surface area contributed by atoms with E-state index in [-0.39, 0.29) is 25.8 Å². The minimum Gasteiger partial charge on any atom is -0.508 e. The zero-order chi connectivity index (χ0) is 15.1. The van der Waals surface area contributed by atoms with Crippen LogP contribution >= 0.6 is 22.6 Å². The number of hydrogen-bond acceptors (Lipinski definition) is 2. The lowest BCUT2D eigenvalue weighted by molar-refractivity contribution is 0.178. The normalized spacial score (nSPS) is 16.2. The van der Waals surface area contributed by atoms with Crippen molar-refractivity contribution in [1.29, 1.82) is 0 Å². The Kier molecular flexibility index (Phi) is 4.50. The lowest BCUT2D eigenvalue weighted by atomic mass is 9.60. The van der Waals surface area contributed by atoms with E-state index in [4.69, 9.17) is 0 Å². The van der Waals surface area contributed by atoms with E-state index in [1.165, 1.54) is 6.07 Å². The molecule has 2 N–H and O–H groups in total. The van der Waals surface area contributed by atoms with E-state index in [9.17, 15) is 10.2 Å². The second kappa shape index (κ2) is 5.15. The summed E-state index contributed by atoms with van der Waals surface area (Å²) in [5.74, 6) is 0.244. The first-order chi connectivity index (χ1) is 8.35. The minimum atomic E-state index is -0.131. The highest BCUT2D eigenvalue weighted by atomic mass is 127. The highest BCUT2D eigenvalue weighted by Crippen LogP contribution is 2.49. The standard InChI is InChI=1S/C16H25IO2/c1-14(2,3)16(6,10-15(4,5)17)11-7-12(18)9-13(19)8-11/h7-9,18-19H,10H2,1-6H3. The second-order valence-corrected chi connectivity index (χ2v) is 10.1. The molecule has 0 aliphatic rings. The molecule has 1 rings (SSSR count). The van der Waals surface area contributed by atoms with E-state index in [1.807, 2.05) is 0 Å². The van der Waals surface area contributed by atoms with Crippen molar-refractivity contribution in [1.82, 2.24) is 0 Å². The molecule has 0 saturated heterocycles. The summed E-state index contributed by atoms with van der Waals surface area (Å²) in [5.41, 5.74) is 0.881. The molecule has 19 heavy (non-hydrogen) atoms. The van der Waals surface area contributed by atoms with Crippen molar-refractivity contribution in [3.63, 3.8) is 0 Å². The summed E-state index contributed by atoms with van der Waals surface area (Å²) in [6, 6.07) is 4.92. The molecule has 0 heterocycles. The lowest BCUT2D eigenvalue weighted by Crippen LogP contribution is -2.41. The van der Waals surface area contributed by atoms with E-state index < -0.39 is 0 Å². The Hall–Kier alpha value is -0.450. The SMILES string of the molecule is CC(C)(I)CC(C)(c1cc(O)cc(O)c1)C(C)(C)C. The van der Waals surface area contributed by atoms with Crippen LogP contribution in [0.25, 0.3) is 0 Å². The molecule has 0 aliphatic heterocycles. The summed E-state index contributed by atoms with van der Waals surface area (Å²) < 4.78 is 0.140. The summed E-state index contributed by atoms with van der Waals surface area (Å²) in [7, 11) is 0. The average Bonchev–Trinajstić information content (AvgIpc) is 2.11. The first kappa shape index (κ1) is 16.6. The Morgan fingerprint density at radius 2 is 1.32 bits per heavy atom. The van der Waals surface area contributed by atoms with Crippen LogP contribution in [0.5, 0.6) is 11.5 Å². The first-order valence-corrected chi connectivity index (χ1v) is 7.65. The lowest BCUT2D eigenvalue weighted by Gasteiger charge is -2.46. The minimum absolute atomic E-state index is 0.0235. The molecule has 0 amide bonds. The van der Waals surface area contributed by atoms with Crippen LogP contribution in [0.3, 0.4) is 0 Å². The molecule has 1 aromatic carbocycles. The van der Waals surface area contributed by atoms with Gasteiger partial charge in [-0.2, -0.15) is 0 Å². The van der Waals surface area contributed by atoms with Gasteiger partial charge in [-0.25, -0.2) is 0 Å². The molecule has 0 saturated carbocycles. The Balaban J connectivity index is 3.40. The van der Waals surface area contributed by atoms with Crippen molar-refractivity contribution in [2.45, 2.75) is 56.8 Å². The number of halogens is 1. The van der Waals surface area contributed by atoms with Crippen LogP contribution in [0.2, 0.25) is 0 Å². The van der Waals surface area contributed by atoms with Gasteiger partial charge in [0.05, 0.1) is 0 Å². The number of alkyl halides is 1. The predicted molar refractivity (Wildman–Crippen MR) is 89.3 cm³/mol. The largest absolute Gasteiger partial charge is 0.508 e. The van der Waals surface area contributed by atoms with E-state index in [0.717, 1.165) is 12.0 Å². The molecule has 0 radical (unpaired) electrons. The third-order valence-corrected chi connectivity index (χ3v) is 4.35. The van der Waals surface area contributed by atoms with Crippen molar-refractivity contribution in [2.24, 2.45) is 5.41 Å². The van der Waals surface area contributed by atoms with Gasteiger partial charge < -0.3 is 10.2 Å². The van der Waals surface area contributed by atoms with Gasteiger partial charge in [0.15, 0.2) is 0 Å². The number of rotatable bonds is 3. The third-order valence-electron chi connectivity index (χ3n) is 3.97. The molecule has 0 fully saturated rings. The topological polar surface area (TPSA) is 40.5 Å². The quantitative estimate of drug-likeness (QED) is 0.575. The van der Waals surface area contributed by atoms with Gasteiger partial charge >= 0.3 is 0 Å². The van der Waals surface area contributed by atoms with Crippen molar-refractivity contribution < 1.29 is 10.2 Å². The van der Waals surface area contributed by atoms with Gasteiger partial charge in [0.2, 0.25) is 0 Å². The van der Waals surface area contributed by atoms with Gasteiger partial charge in [0.25, 0.3) is 0 Å². The maximum atomic E-state index is 9.76. The summed E-state index contributed by atoms with van der Waals surface area (Å²) in [5, 5.41) is 19.5. The Morgan fingerprint density at radius 3 is 1.63 bits per heavy atom. The van der Waals surface area contributed by atoms with Gasteiger partial charge in [0, 0.05) is 9.49 Å². The van der Waals surface area contributed by atoms with Crippen molar-refractivity contribution in [3.8, 4) is 11.5 Å². The smallest absolute Gasteiger partial charge is 0.119 e. The zero-order valence-electron chi connectivity index (χ0n) is 12.7. The van der Waals surface area contributed by atoms with Crippen LogP contribution in [-0.2, 0) is 5.41 Å². The van der Waals surface area contributed by atoms with Gasteiger partial charge in [-0.3, -0.25) is 0 Å². The van der Waals surface area contributed by atoms with Crippen LogP contribution in [-0.4, -0.2) is 13.6 Å². The van der Waals surface area contributed by atoms with Gasteiger partial charge in [-0.05, 0) is 34.9 Å². The summed E-state index contributed by atoms with van der Waals surface area (Å²) in [4.78, 5) is 0.